The molecule has 1 saturated carbocycles. The quantitative estimate of drug-likeness (QED) is 0.670. The Kier molecular flexibility index (Phi) is 4.71. The molecule has 1 aliphatic carbocycles. The van der Waals surface area contributed by atoms with E-state index in [1.54, 1.807) is 0 Å². The predicted molar refractivity (Wildman–Crippen MR) is 55.2 cm³/mol. The lowest BCUT2D eigenvalue weighted by molar-refractivity contribution is -0.136. The van der Waals surface area contributed by atoms with Gasteiger partial charge in [0.15, 0.2) is 0 Å². The fourth-order valence-electron chi connectivity index (χ4n) is 1.88. The molecule has 15 heavy (non-hydrogen) atoms. The van der Waals surface area contributed by atoms with Crippen molar-refractivity contribution in [1.29, 1.82) is 0 Å². The van der Waals surface area contributed by atoms with E-state index in [1.165, 1.54) is 0 Å². The van der Waals surface area contributed by atoms with E-state index in [4.69, 9.17) is 11.6 Å². The molecule has 0 N–H and O–H groups in total. The summed E-state index contributed by atoms with van der Waals surface area (Å²) in [5.41, 5.74) is 0. The standard InChI is InChI=1S/C10H17ClF3N/c1-15(4-2-3-10(12,13)14)7-8-5-9(11)6-8/h8-9H,2-7H2,1H3. The van der Waals surface area contributed by atoms with Crippen LogP contribution in [0.2, 0.25) is 0 Å². The second kappa shape index (κ2) is 5.39. The van der Waals surface area contributed by atoms with Gasteiger partial charge >= 0.3 is 6.18 Å². The van der Waals surface area contributed by atoms with E-state index in [9.17, 15) is 13.2 Å². The molecule has 0 saturated heterocycles. The summed E-state index contributed by atoms with van der Waals surface area (Å²) in [5.74, 6) is 0.586. The van der Waals surface area contributed by atoms with E-state index < -0.39 is 12.6 Å². The molecule has 0 heterocycles. The lowest BCUT2D eigenvalue weighted by Crippen LogP contribution is -2.35. The monoisotopic (exact) mass is 243 g/mol. The molecule has 0 unspecified atom stereocenters. The number of hydrogen-bond donors (Lipinski definition) is 0. The van der Waals surface area contributed by atoms with E-state index in [2.05, 4.69) is 0 Å². The summed E-state index contributed by atoms with van der Waals surface area (Å²) >= 11 is 5.82. The van der Waals surface area contributed by atoms with Gasteiger partial charge in [-0.25, -0.2) is 0 Å². The highest BCUT2D eigenvalue weighted by Crippen LogP contribution is 2.32. The van der Waals surface area contributed by atoms with E-state index >= 15 is 0 Å². The van der Waals surface area contributed by atoms with Gasteiger partial charge in [-0.15, -0.1) is 11.6 Å². The Morgan fingerprint density at radius 2 is 1.93 bits per heavy atom. The van der Waals surface area contributed by atoms with Crippen molar-refractivity contribution in [3.63, 3.8) is 0 Å². The molecule has 0 aromatic carbocycles. The number of hydrogen-bond acceptors (Lipinski definition) is 1. The molecule has 0 atom stereocenters. The van der Waals surface area contributed by atoms with Crippen molar-refractivity contribution in [3.05, 3.63) is 0 Å². The Bertz CT molecular complexity index is 190. The van der Waals surface area contributed by atoms with Gasteiger partial charge in [0.25, 0.3) is 0 Å². The highest BCUT2D eigenvalue weighted by Gasteiger charge is 2.29. The van der Waals surface area contributed by atoms with Gasteiger partial charge in [0.2, 0.25) is 0 Å². The first-order chi connectivity index (χ1) is 6.87. The van der Waals surface area contributed by atoms with Crippen molar-refractivity contribution in [1.82, 2.24) is 4.90 Å². The van der Waals surface area contributed by atoms with Crippen molar-refractivity contribution in [2.24, 2.45) is 5.92 Å². The minimum Gasteiger partial charge on any atom is -0.306 e. The van der Waals surface area contributed by atoms with Crippen molar-refractivity contribution in [3.8, 4) is 0 Å². The van der Waals surface area contributed by atoms with Crippen molar-refractivity contribution >= 4 is 11.6 Å². The molecule has 0 spiro atoms. The first-order valence-corrected chi connectivity index (χ1v) is 5.70. The van der Waals surface area contributed by atoms with Gasteiger partial charge in [-0.3, -0.25) is 0 Å². The lowest BCUT2D eigenvalue weighted by atomic mass is 9.84. The first-order valence-electron chi connectivity index (χ1n) is 5.26. The summed E-state index contributed by atoms with van der Waals surface area (Å²) < 4.78 is 35.6. The van der Waals surface area contributed by atoms with Gasteiger partial charge in [0.05, 0.1) is 0 Å². The number of alkyl halides is 4. The van der Waals surface area contributed by atoms with E-state index in [-0.39, 0.29) is 6.42 Å². The molecular weight excluding hydrogens is 227 g/mol. The third-order valence-corrected chi connectivity index (χ3v) is 3.10. The van der Waals surface area contributed by atoms with Crippen LogP contribution < -0.4 is 0 Å². The highest BCUT2D eigenvalue weighted by molar-refractivity contribution is 6.21. The fraction of sp³-hybridized carbons (Fsp3) is 1.00. The normalized spacial score (nSPS) is 26.8. The Morgan fingerprint density at radius 1 is 1.33 bits per heavy atom. The second-order valence-corrected chi connectivity index (χ2v) is 5.03. The number of halogens is 4. The van der Waals surface area contributed by atoms with Crippen LogP contribution in [-0.2, 0) is 0 Å². The third kappa shape index (κ3) is 5.61. The zero-order chi connectivity index (χ0) is 11.5. The maximum absolute atomic E-state index is 11.9. The third-order valence-electron chi connectivity index (χ3n) is 2.75. The van der Waals surface area contributed by atoms with Crippen LogP contribution in [-0.4, -0.2) is 36.6 Å². The Hall–Kier alpha value is 0.0400. The number of nitrogens with zero attached hydrogens (tertiary/aromatic N) is 1. The molecule has 1 rings (SSSR count). The van der Waals surface area contributed by atoms with Crippen LogP contribution in [0.25, 0.3) is 0 Å². The predicted octanol–water partition coefficient (Wildman–Crippen LogP) is 3.28. The summed E-state index contributed by atoms with van der Waals surface area (Å²) in [5, 5.41) is 0.290. The zero-order valence-electron chi connectivity index (χ0n) is 8.86. The van der Waals surface area contributed by atoms with Gasteiger partial charge in [-0.1, -0.05) is 0 Å². The second-order valence-electron chi connectivity index (χ2n) is 4.42. The van der Waals surface area contributed by atoms with Crippen molar-refractivity contribution < 1.29 is 13.2 Å². The van der Waals surface area contributed by atoms with Crippen LogP contribution in [0.1, 0.15) is 25.7 Å². The topological polar surface area (TPSA) is 3.24 Å². The van der Waals surface area contributed by atoms with Crippen LogP contribution in [0, 0.1) is 5.92 Å². The Balaban J connectivity index is 2.01. The molecule has 1 aliphatic rings. The van der Waals surface area contributed by atoms with Crippen LogP contribution in [0.3, 0.4) is 0 Å². The lowest BCUT2D eigenvalue weighted by Gasteiger charge is -2.34. The summed E-state index contributed by atoms with van der Waals surface area (Å²) in [6, 6.07) is 0. The average Bonchev–Trinajstić information content (AvgIpc) is 1.98. The van der Waals surface area contributed by atoms with Crippen molar-refractivity contribution in [2.45, 2.75) is 37.2 Å². The van der Waals surface area contributed by atoms with Crippen LogP contribution in [0.15, 0.2) is 0 Å². The Morgan fingerprint density at radius 3 is 2.40 bits per heavy atom. The molecule has 90 valence electrons. The summed E-state index contributed by atoms with van der Waals surface area (Å²) in [7, 11) is 1.87. The van der Waals surface area contributed by atoms with Gasteiger partial charge in [0, 0.05) is 18.3 Å². The smallest absolute Gasteiger partial charge is 0.306 e. The van der Waals surface area contributed by atoms with Gasteiger partial charge in [0.1, 0.15) is 0 Å². The molecule has 0 aromatic heterocycles. The molecule has 0 bridgehead atoms. The van der Waals surface area contributed by atoms with E-state index in [0.29, 0.717) is 17.8 Å². The maximum atomic E-state index is 11.9. The van der Waals surface area contributed by atoms with E-state index in [1.807, 2.05) is 11.9 Å². The molecule has 0 amide bonds. The van der Waals surface area contributed by atoms with Crippen LogP contribution >= 0.6 is 11.6 Å². The molecule has 5 heteroatoms. The zero-order valence-corrected chi connectivity index (χ0v) is 9.61. The molecule has 0 radical (unpaired) electrons. The minimum atomic E-state index is -4.02. The molecule has 0 aromatic rings. The molecule has 1 nitrogen and oxygen atoms in total. The molecular formula is C10H17ClF3N. The van der Waals surface area contributed by atoms with Gasteiger partial charge in [-0.2, -0.15) is 13.2 Å². The summed E-state index contributed by atoms with van der Waals surface area (Å²) in [6.45, 7) is 1.39. The van der Waals surface area contributed by atoms with Crippen molar-refractivity contribution in [2.75, 3.05) is 20.1 Å². The van der Waals surface area contributed by atoms with Gasteiger partial charge < -0.3 is 4.90 Å². The van der Waals surface area contributed by atoms with Crippen LogP contribution in [0.4, 0.5) is 13.2 Å². The average molecular weight is 244 g/mol. The fourth-order valence-corrected chi connectivity index (χ4v) is 2.39. The number of rotatable bonds is 5. The minimum absolute atomic E-state index is 0.191. The van der Waals surface area contributed by atoms with Gasteiger partial charge in [-0.05, 0) is 38.8 Å². The van der Waals surface area contributed by atoms with E-state index in [0.717, 1.165) is 19.4 Å². The molecule has 1 fully saturated rings. The maximum Gasteiger partial charge on any atom is 0.389 e. The summed E-state index contributed by atoms with van der Waals surface area (Å²) in [6.07, 6.45) is -2.49. The first kappa shape index (κ1) is 13.1. The largest absolute Gasteiger partial charge is 0.389 e. The molecule has 0 aliphatic heterocycles. The SMILES string of the molecule is CN(CCCC(F)(F)F)CC1CC(Cl)C1. The Labute approximate surface area is 93.6 Å². The van der Waals surface area contributed by atoms with Crippen LogP contribution in [0.5, 0.6) is 0 Å². The highest BCUT2D eigenvalue weighted by atomic mass is 35.5. The summed E-state index contributed by atoms with van der Waals surface area (Å²) in [4.78, 5) is 1.97.